The lowest BCUT2D eigenvalue weighted by atomic mass is 9.80. The van der Waals surface area contributed by atoms with E-state index in [-0.39, 0.29) is 17.4 Å². The molecule has 0 saturated heterocycles. The van der Waals surface area contributed by atoms with Crippen molar-refractivity contribution in [3.63, 3.8) is 0 Å². The summed E-state index contributed by atoms with van der Waals surface area (Å²) in [7, 11) is 1.61. The van der Waals surface area contributed by atoms with Gasteiger partial charge in [0.2, 0.25) is 5.91 Å². The number of nitrogens with zero attached hydrogens (tertiary/aromatic N) is 3. The highest BCUT2D eigenvalue weighted by Crippen LogP contribution is 2.32. The Bertz CT molecular complexity index is 1070. The van der Waals surface area contributed by atoms with Crippen LogP contribution in [-0.4, -0.2) is 38.7 Å². The molecule has 2 N–H and O–H groups in total. The van der Waals surface area contributed by atoms with Gasteiger partial charge in [-0.2, -0.15) is 5.10 Å². The molecular formula is C23H33N5O3S. The molecule has 0 spiro atoms. The number of unbranched alkanes of at least 4 members (excludes halogenated alkanes) is 1. The SMILES string of the molecule is CCCCNC(=O)C1(NC(=O)c2sc(-c3c(C)c(C)nn(C)c3=O)nc2C)CCCCC1. The zero-order valence-electron chi connectivity index (χ0n) is 19.6. The van der Waals surface area contributed by atoms with E-state index in [0.29, 0.717) is 40.5 Å². The molecule has 0 bridgehead atoms. The van der Waals surface area contributed by atoms with Gasteiger partial charge >= 0.3 is 0 Å². The van der Waals surface area contributed by atoms with Crippen molar-refractivity contribution in [1.29, 1.82) is 0 Å². The minimum atomic E-state index is -0.890. The molecular weight excluding hydrogens is 426 g/mol. The van der Waals surface area contributed by atoms with Gasteiger partial charge in [-0.3, -0.25) is 14.4 Å². The largest absolute Gasteiger partial charge is 0.354 e. The maximum Gasteiger partial charge on any atom is 0.277 e. The van der Waals surface area contributed by atoms with Crippen LogP contribution in [0.4, 0.5) is 0 Å². The number of hydrogen-bond acceptors (Lipinski definition) is 6. The van der Waals surface area contributed by atoms with Crippen molar-refractivity contribution >= 4 is 23.2 Å². The molecule has 9 heteroatoms. The number of aryl methyl sites for hydroxylation is 3. The second-order valence-corrected chi connectivity index (χ2v) is 9.65. The third kappa shape index (κ3) is 4.77. The molecule has 174 valence electrons. The van der Waals surface area contributed by atoms with Crippen molar-refractivity contribution in [2.24, 2.45) is 7.05 Å². The standard InChI is InChI=1S/C23H33N5O3S/c1-6-7-13-24-22(31)23(11-9-8-10-12-23)26-19(29)18-16(4)25-20(32-18)17-14(2)15(3)27-28(5)21(17)30/h6-13H2,1-5H3,(H,24,31)(H,26,29). The zero-order chi connectivity index (χ0) is 23.5. The average Bonchev–Trinajstić information content (AvgIpc) is 3.14. The monoisotopic (exact) mass is 459 g/mol. The van der Waals surface area contributed by atoms with E-state index in [9.17, 15) is 14.4 Å². The van der Waals surface area contributed by atoms with Crippen molar-refractivity contribution in [1.82, 2.24) is 25.4 Å². The van der Waals surface area contributed by atoms with Gasteiger partial charge in [-0.15, -0.1) is 11.3 Å². The molecule has 2 aromatic heterocycles. The molecule has 1 fully saturated rings. The molecule has 0 unspecified atom stereocenters. The number of aromatic nitrogens is 3. The van der Waals surface area contributed by atoms with Crippen LogP contribution in [0, 0.1) is 20.8 Å². The van der Waals surface area contributed by atoms with Gasteiger partial charge in [0.15, 0.2) is 0 Å². The van der Waals surface area contributed by atoms with E-state index in [2.05, 4.69) is 27.6 Å². The highest BCUT2D eigenvalue weighted by atomic mass is 32.1. The Morgan fingerprint density at radius 2 is 1.81 bits per heavy atom. The lowest BCUT2D eigenvalue weighted by molar-refractivity contribution is -0.128. The number of hydrogen-bond donors (Lipinski definition) is 2. The third-order valence-corrected chi connectivity index (χ3v) is 7.43. The van der Waals surface area contributed by atoms with Crippen LogP contribution in [0.25, 0.3) is 10.6 Å². The second kappa shape index (κ2) is 9.94. The van der Waals surface area contributed by atoms with Crippen LogP contribution in [0.5, 0.6) is 0 Å². The fourth-order valence-electron chi connectivity index (χ4n) is 4.20. The molecule has 3 rings (SSSR count). The first-order valence-electron chi connectivity index (χ1n) is 11.3. The number of amides is 2. The first-order chi connectivity index (χ1) is 15.2. The Kier molecular flexibility index (Phi) is 7.48. The minimum Gasteiger partial charge on any atom is -0.354 e. The lowest BCUT2D eigenvalue weighted by Crippen LogP contribution is -2.59. The Balaban J connectivity index is 1.91. The number of carbonyl (C=O) groups excluding carboxylic acids is 2. The molecule has 0 atom stereocenters. The molecule has 1 aliphatic rings. The highest BCUT2D eigenvalue weighted by molar-refractivity contribution is 7.17. The second-order valence-electron chi connectivity index (χ2n) is 8.65. The quantitative estimate of drug-likeness (QED) is 0.619. The van der Waals surface area contributed by atoms with E-state index in [1.165, 1.54) is 16.0 Å². The Morgan fingerprint density at radius 1 is 1.12 bits per heavy atom. The summed E-state index contributed by atoms with van der Waals surface area (Å²) in [6.07, 6.45) is 6.03. The van der Waals surface area contributed by atoms with E-state index in [0.717, 1.165) is 43.4 Å². The Labute approximate surface area is 192 Å². The van der Waals surface area contributed by atoms with Gasteiger partial charge in [-0.05, 0) is 45.6 Å². The smallest absolute Gasteiger partial charge is 0.277 e. The van der Waals surface area contributed by atoms with Gasteiger partial charge in [0.1, 0.15) is 15.4 Å². The van der Waals surface area contributed by atoms with Gasteiger partial charge in [0.05, 0.1) is 17.0 Å². The third-order valence-electron chi connectivity index (χ3n) is 6.25. The van der Waals surface area contributed by atoms with Crippen LogP contribution in [0.2, 0.25) is 0 Å². The maximum absolute atomic E-state index is 13.3. The zero-order valence-corrected chi connectivity index (χ0v) is 20.4. The predicted octanol–water partition coefficient (Wildman–Crippen LogP) is 3.18. The van der Waals surface area contributed by atoms with Crippen LogP contribution < -0.4 is 16.2 Å². The van der Waals surface area contributed by atoms with E-state index >= 15 is 0 Å². The maximum atomic E-state index is 13.3. The molecule has 1 saturated carbocycles. The summed E-state index contributed by atoms with van der Waals surface area (Å²) in [4.78, 5) is 44.1. The van der Waals surface area contributed by atoms with Crippen LogP contribution in [0.3, 0.4) is 0 Å². The van der Waals surface area contributed by atoms with Crippen LogP contribution in [0.15, 0.2) is 4.79 Å². The number of thiazole rings is 1. The number of rotatable bonds is 7. The van der Waals surface area contributed by atoms with Crippen molar-refractivity contribution in [3.05, 3.63) is 32.2 Å². The van der Waals surface area contributed by atoms with Gasteiger partial charge in [0.25, 0.3) is 11.5 Å². The van der Waals surface area contributed by atoms with E-state index < -0.39 is 5.54 Å². The fourth-order valence-corrected chi connectivity index (χ4v) is 5.26. The molecule has 0 radical (unpaired) electrons. The summed E-state index contributed by atoms with van der Waals surface area (Å²) in [6, 6.07) is 0. The molecule has 8 nitrogen and oxygen atoms in total. The number of carbonyl (C=O) groups is 2. The molecule has 1 aliphatic carbocycles. The Hall–Kier alpha value is -2.55. The average molecular weight is 460 g/mol. The summed E-state index contributed by atoms with van der Waals surface area (Å²) in [6.45, 7) is 8.13. The summed E-state index contributed by atoms with van der Waals surface area (Å²) in [5.74, 6) is -0.407. The van der Waals surface area contributed by atoms with E-state index in [1.807, 2.05) is 13.8 Å². The summed E-state index contributed by atoms with van der Waals surface area (Å²) in [5.41, 5.74) is 1.39. The fraction of sp³-hybridized carbons (Fsp3) is 0.609. The molecule has 2 amide bonds. The van der Waals surface area contributed by atoms with Crippen molar-refractivity contribution in [2.75, 3.05) is 6.54 Å². The van der Waals surface area contributed by atoms with E-state index in [4.69, 9.17) is 0 Å². The van der Waals surface area contributed by atoms with Gasteiger partial charge < -0.3 is 10.6 Å². The minimum absolute atomic E-state index is 0.101. The Morgan fingerprint density at radius 3 is 2.47 bits per heavy atom. The summed E-state index contributed by atoms with van der Waals surface area (Å²) < 4.78 is 1.30. The first-order valence-corrected chi connectivity index (χ1v) is 12.1. The highest BCUT2D eigenvalue weighted by Gasteiger charge is 2.41. The van der Waals surface area contributed by atoms with Gasteiger partial charge in [-0.1, -0.05) is 32.6 Å². The first kappa shape index (κ1) is 24.1. The van der Waals surface area contributed by atoms with Gasteiger partial charge in [-0.25, -0.2) is 9.67 Å². The summed E-state index contributed by atoms with van der Waals surface area (Å²) in [5, 5.41) is 10.8. The molecule has 2 heterocycles. The lowest BCUT2D eigenvalue weighted by Gasteiger charge is -2.36. The van der Waals surface area contributed by atoms with Gasteiger partial charge in [0, 0.05) is 13.6 Å². The molecule has 32 heavy (non-hydrogen) atoms. The van der Waals surface area contributed by atoms with E-state index in [1.54, 1.807) is 14.0 Å². The van der Waals surface area contributed by atoms with Crippen LogP contribution in [0.1, 0.15) is 78.5 Å². The normalized spacial score (nSPS) is 15.4. The van der Waals surface area contributed by atoms with Crippen molar-refractivity contribution in [2.45, 2.75) is 78.2 Å². The molecule has 0 aromatic carbocycles. The van der Waals surface area contributed by atoms with Crippen molar-refractivity contribution in [3.8, 4) is 10.6 Å². The van der Waals surface area contributed by atoms with Crippen molar-refractivity contribution < 1.29 is 9.59 Å². The molecule has 0 aliphatic heterocycles. The molecule has 2 aromatic rings. The topological polar surface area (TPSA) is 106 Å². The summed E-state index contributed by atoms with van der Waals surface area (Å²) >= 11 is 1.19. The van der Waals surface area contributed by atoms with Crippen LogP contribution >= 0.6 is 11.3 Å². The van der Waals surface area contributed by atoms with Crippen LogP contribution in [-0.2, 0) is 11.8 Å². The number of nitrogens with one attached hydrogen (secondary N) is 2. The predicted molar refractivity (Wildman–Crippen MR) is 126 cm³/mol.